The lowest BCUT2D eigenvalue weighted by atomic mass is 9.98. The molecule has 3 aromatic rings. The van der Waals surface area contributed by atoms with E-state index in [4.69, 9.17) is 9.94 Å². The number of carbonyl (C=O) groups excluding carboxylic acids is 2. The van der Waals surface area contributed by atoms with E-state index in [0.717, 1.165) is 27.8 Å². The fraction of sp³-hybridized carbons (Fsp3) is 0.167. The van der Waals surface area contributed by atoms with Crippen molar-refractivity contribution in [2.45, 2.75) is 18.4 Å². The first-order valence-electron chi connectivity index (χ1n) is 9.76. The van der Waals surface area contributed by atoms with E-state index in [2.05, 4.69) is 17.4 Å². The predicted molar refractivity (Wildman–Crippen MR) is 112 cm³/mol. The Kier molecular flexibility index (Phi) is 5.77. The van der Waals surface area contributed by atoms with E-state index >= 15 is 0 Å². The number of fused-ring (bicyclic) bond motifs is 3. The summed E-state index contributed by atoms with van der Waals surface area (Å²) in [5.41, 5.74) is 6.96. The van der Waals surface area contributed by atoms with Crippen LogP contribution in [0.15, 0.2) is 78.9 Å². The predicted octanol–water partition coefficient (Wildman–Crippen LogP) is 3.64. The zero-order valence-electron chi connectivity index (χ0n) is 16.2. The van der Waals surface area contributed by atoms with Gasteiger partial charge in [-0.05, 0) is 27.8 Å². The van der Waals surface area contributed by atoms with Crippen LogP contribution in [0.5, 0.6) is 0 Å². The Morgan fingerprint density at radius 2 is 1.43 bits per heavy atom. The molecule has 0 unspecified atom stereocenters. The molecule has 6 heteroatoms. The van der Waals surface area contributed by atoms with Crippen LogP contribution in [0.25, 0.3) is 11.1 Å². The number of carbonyl (C=O) groups is 2. The smallest absolute Gasteiger partial charge is 0.407 e. The van der Waals surface area contributed by atoms with Crippen LogP contribution in [-0.2, 0) is 16.0 Å². The summed E-state index contributed by atoms with van der Waals surface area (Å²) in [7, 11) is 0. The van der Waals surface area contributed by atoms with Crippen LogP contribution < -0.4 is 10.8 Å². The molecule has 0 saturated carbocycles. The maximum Gasteiger partial charge on any atom is 0.407 e. The molecule has 3 N–H and O–H groups in total. The molecule has 0 radical (unpaired) electrons. The van der Waals surface area contributed by atoms with Gasteiger partial charge in [0.1, 0.15) is 12.6 Å². The van der Waals surface area contributed by atoms with Gasteiger partial charge < -0.3 is 10.1 Å². The lowest BCUT2D eigenvalue weighted by Crippen LogP contribution is -2.47. The molecule has 3 aromatic carbocycles. The second kappa shape index (κ2) is 8.80. The molecule has 2 amide bonds. The van der Waals surface area contributed by atoms with Crippen LogP contribution in [0.4, 0.5) is 4.79 Å². The van der Waals surface area contributed by atoms with E-state index in [-0.39, 0.29) is 18.9 Å². The summed E-state index contributed by atoms with van der Waals surface area (Å²) < 4.78 is 5.49. The molecule has 30 heavy (non-hydrogen) atoms. The highest BCUT2D eigenvalue weighted by atomic mass is 16.5. The fourth-order valence-corrected chi connectivity index (χ4v) is 3.92. The molecule has 4 rings (SSSR count). The molecule has 0 heterocycles. The van der Waals surface area contributed by atoms with Crippen LogP contribution in [0.3, 0.4) is 0 Å². The molecule has 152 valence electrons. The number of benzene rings is 3. The number of rotatable bonds is 6. The highest BCUT2D eigenvalue weighted by Gasteiger charge is 2.29. The van der Waals surface area contributed by atoms with Crippen molar-refractivity contribution in [2.75, 3.05) is 6.61 Å². The monoisotopic (exact) mass is 402 g/mol. The average Bonchev–Trinajstić information content (AvgIpc) is 3.11. The Morgan fingerprint density at radius 3 is 2.03 bits per heavy atom. The van der Waals surface area contributed by atoms with Gasteiger partial charge in [0.05, 0.1) is 0 Å². The van der Waals surface area contributed by atoms with Crippen LogP contribution in [-0.4, -0.2) is 29.9 Å². The quantitative estimate of drug-likeness (QED) is 0.434. The van der Waals surface area contributed by atoms with E-state index in [0.29, 0.717) is 0 Å². The largest absolute Gasteiger partial charge is 0.449 e. The molecule has 0 fully saturated rings. The average molecular weight is 402 g/mol. The van der Waals surface area contributed by atoms with E-state index in [1.807, 2.05) is 66.7 Å². The molecule has 1 aliphatic carbocycles. The summed E-state index contributed by atoms with van der Waals surface area (Å²) in [6.07, 6.45) is -0.473. The van der Waals surface area contributed by atoms with Gasteiger partial charge in [-0.25, -0.2) is 10.3 Å². The van der Waals surface area contributed by atoms with Crippen molar-refractivity contribution in [1.82, 2.24) is 10.8 Å². The fourth-order valence-electron chi connectivity index (χ4n) is 3.92. The number of hydroxylamine groups is 1. The zero-order valence-corrected chi connectivity index (χ0v) is 16.2. The second-order valence-electron chi connectivity index (χ2n) is 7.19. The van der Waals surface area contributed by atoms with E-state index < -0.39 is 18.0 Å². The van der Waals surface area contributed by atoms with Gasteiger partial charge >= 0.3 is 6.09 Å². The molecule has 0 saturated heterocycles. The Labute approximate surface area is 174 Å². The molecule has 0 aliphatic heterocycles. The van der Waals surface area contributed by atoms with E-state index in [1.54, 1.807) is 5.48 Å². The molecule has 6 nitrogen and oxygen atoms in total. The number of hydrogen-bond donors (Lipinski definition) is 3. The van der Waals surface area contributed by atoms with Crippen LogP contribution in [0, 0.1) is 0 Å². The normalized spacial score (nSPS) is 13.1. The maximum atomic E-state index is 12.4. The summed E-state index contributed by atoms with van der Waals surface area (Å²) in [5.74, 6) is -0.769. The standard InChI is InChI=1S/C24H22N2O4/c27-23(26-29)22(14-16-8-2-1-3-9-16)25-24(28)30-15-21-19-12-6-4-10-17(19)18-11-5-7-13-20(18)21/h1-13,21-22,29H,14-15H2,(H,25,28)(H,26,27)/t22-/m0/s1. The van der Waals surface area contributed by atoms with Gasteiger partial charge in [0, 0.05) is 12.3 Å². The highest BCUT2D eigenvalue weighted by molar-refractivity contribution is 5.85. The first-order chi connectivity index (χ1) is 14.7. The Balaban J connectivity index is 1.44. The lowest BCUT2D eigenvalue weighted by Gasteiger charge is -2.18. The second-order valence-corrected chi connectivity index (χ2v) is 7.19. The zero-order chi connectivity index (χ0) is 20.9. The van der Waals surface area contributed by atoms with E-state index in [9.17, 15) is 9.59 Å². The van der Waals surface area contributed by atoms with Crippen molar-refractivity contribution in [3.63, 3.8) is 0 Å². The van der Waals surface area contributed by atoms with Gasteiger partial charge in [-0.15, -0.1) is 0 Å². The third kappa shape index (κ3) is 4.04. The number of hydrogen-bond acceptors (Lipinski definition) is 4. The first kappa shape index (κ1) is 19.7. The van der Waals surface area contributed by atoms with Crippen molar-refractivity contribution in [3.05, 3.63) is 95.6 Å². The molecular weight excluding hydrogens is 380 g/mol. The SMILES string of the molecule is O=C(N[C@@H](Cc1ccccc1)C(=O)NO)OCC1c2ccccc2-c2ccccc21. The Morgan fingerprint density at radius 1 is 0.867 bits per heavy atom. The van der Waals surface area contributed by atoms with Crippen LogP contribution >= 0.6 is 0 Å². The maximum absolute atomic E-state index is 12.4. The third-order valence-corrected chi connectivity index (χ3v) is 5.35. The van der Waals surface area contributed by atoms with Gasteiger partial charge in [-0.3, -0.25) is 10.0 Å². The minimum atomic E-state index is -0.951. The molecule has 1 aliphatic rings. The lowest BCUT2D eigenvalue weighted by molar-refractivity contribution is -0.131. The van der Waals surface area contributed by atoms with Gasteiger partial charge in [0.15, 0.2) is 0 Å². The van der Waals surface area contributed by atoms with Crippen molar-refractivity contribution >= 4 is 12.0 Å². The molecule has 1 atom stereocenters. The summed E-state index contributed by atoms with van der Waals surface area (Å²) in [6.45, 7) is 0.151. The number of amides is 2. The Hall–Kier alpha value is -3.64. The summed E-state index contributed by atoms with van der Waals surface area (Å²) in [5, 5.41) is 11.6. The van der Waals surface area contributed by atoms with Crippen LogP contribution in [0.2, 0.25) is 0 Å². The first-order valence-corrected chi connectivity index (χ1v) is 9.76. The van der Waals surface area contributed by atoms with Gasteiger partial charge in [0.25, 0.3) is 5.91 Å². The van der Waals surface area contributed by atoms with Gasteiger partial charge in [-0.1, -0.05) is 78.9 Å². The Bertz CT molecular complexity index is 1010. The molecular formula is C24H22N2O4. The minimum absolute atomic E-state index is 0.0672. The highest BCUT2D eigenvalue weighted by Crippen LogP contribution is 2.44. The minimum Gasteiger partial charge on any atom is -0.449 e. The van der Waals surface area contributed by atoms with E-state index in [1.165, 1.54) is 0 Å². The number of nitrogens with one attached hydrogen (secondary N) is 2. The third-order valence-electron chi connectivity index (χ3n) is 5.35. The summed E-state index contributed by atoms with van der Waals surface area (Å²) in [4.78, 5) is 24.5. The van der Waals surface area contributed by atoms with Gasteiger partial charge in [-0.2, -0.15) is 0 Å². The molecule has 0 spiro atoms. The molecule has 0 bridgehead atoms. The van der Waals surface area contributed by atoms with Crippen molar-refractivity contribution < 1.29 is 19.5 Å². The topological polar surface area (TPSA) is 87.7 Å². The van der Waals surface area contributed by atoms with Crippen molar-refractivity contribution in [3.8, 4) is 11.1 Å². The van der Waals surface area contributed by atoms with Crippen molar-refractivity contribution in [2.24, 2.45) is 0 Å². The number of alkyl carbamates (subject to hydrolysis) is 1. The molecule has 0 aromatic heterocycles. The van der Waals surface area contributed by atoms with Crippen molar-refractivity contribution in [1.29, 1.82) is 0 Å². The summed E-state index contributed by atoms with van der Waals surface area (Å²) in [6, 6.07) is 24.4. The van der Waals surface area contributed by atoms with Gasteiger partial charge in [0.2, 0.25) is 0 Å². The summed E-state index contributed by atoms with van der Waals surface area (Å²) >= 11 is 0. The van der Waals surface area contributed by atoms with Crippen LogP contribution in [0.1, 0.15) is 22.6 Å². The number of ether oxygens (including phenoxy) is 1.